The number of para-hydroxylation sites is 2. The zero-order chi connectivity index (χ0) is 33.7. The molecule has 8 aromatic carbocycles. The third-order valence-corrected chi connectivity index (χ3v) is 9.86. The van der Waals surface area contributed by atoms with Crippen molar-refractivity contribution in [3.05, 3.63) is 182 Å². The Hall–Kier alpha value is -6.91. The Morgan fingerprint density at radius 2 is 0.765 bits per heavy atom. The molecule has 0 saturated heterocycles. The van der Waals surface area contributed by atoms with Crippen LogP contribution in [-0.2, 0) is 0 Å². The smallest absolute Gasteiger partial charge is 0.166 e. The molecule has 0 aliphatic heterocycles. The Morgan fingerprint density at radius 3 is 1.33 bits per heavy atom. The summed E-state index contributed by atoms with van der Waals surface area (Å²) < 4.78 is 2.37. The van der Waals surface area contributed by atoms with Gasteiger partial charge in [0.05, 0.1) is 16.7 Å². The second-order valence-electron chi connectivity index (χ2n) is 12.8. The van der Waals surface area contributed by atoms with Crippen LogP contribution in [0.2, 0.25) is 0 Å². The first-order valence-corrected chi connectivity index (χ1v) is 17.2. The van der Waals surface area contributed by atoms with Gasteiger partial charge in [-0.1, -0.05) is 158 Å². The number of hydrogen-bond acceptors (Lipinski definition) is 3. The summed E-state index contributed by atoms with van der Waals surface area (Å²) in [6, 6.07) is 63.9. The molecule has 0 fully saturated rings. The zero-order valence-electron chi connectivity index (χ0n) is 27.6. The van der Waals surface area contributed by atoms with E-state index in [2.05, 4.69) is 187 Å². The first-order valence-electron chi connectivity index (χ1n) is 17.2. The number of rotatable bonds is 5. The summed E-state index contributed by atoms with van der Waals surface area (Å²) in [7, 11) is 0. The predicted molar refractivity (Wildman–Crippen MR) is 211 cm³/mol. The van der Waals surface area contributed by atoms with E-state index in [9.17, 15) is 0 Å². The van der Waals surface area contributed by atoms with Crippen LogP contribution in [0.5, 0.6) is 0 Å². The topological polar surface area (TPSA) is 43.6 Å². The van der Waals surface area contributed by atoms with Gasteiger partial charge < -0.3 is 4.57 Å². The Balaban J connectivity index is 1.31. The molecule has 0 aliphatic rings. The molecule has 0 atom stereocenters. The van der Waals surface area contributed by atoms with Gasteiger partial charge in [-0.15, -0.1) is 0 Å². The summed E-state index contributed by atoms with van der Waals surface area (Å²) in [5.74, 6) is 1.90. The van der Waals surface area contributed by atoms with Gasteiger partial charge in [-0.25, -0.2) is 15.0 Å². The van der Waals surface area contributed by atoms with Crippen molar-refractivity contribution in [1.82, 2.24) is 19.5 Å². The van der Waals surface area contributed by atoms with E-state index in [0.717, 1.165) is 66.1 Å². The van der Waals surface area contributed by atoms with E-state index in [1.54, 1.807) is 0 Å². The van der Waals surface area contributed by atoms with E-state index in [1.807, 2.05) is 0 Å². The molecule has 0 bridgehead atoms. The molecule has 0 amide bonds. The van der Waals surface area contributed by atoms with Gasteiger partial charge in [0.2, 0.25) is 0 Å². The second-order valence-corrected chi connectivity index (χ2v) is 12.8. The molecule has 0 N–H and O–H groups in total. The first-order chi connectivity index (χ1) is 25.3. The molecule has 0 aliphatic carbocycles. The van der Waals surface area contributed by atoms with Crippen LogP contribution in [0.15, 0.2) is 182 Å². The fourth-order valence-electron chi connectivity index (χ4n) is 7.48. The highest BCUT2D eigenvalue weighted by atomic mass is 15.1. The average molecular weight is 651 g/mol. The molecule has 0 spiro atoms. The van der Waals surface area contributed by atoms with Crippen LogP contribution in [0, 0.1) is 0 Å². The summed E-state index contributed by atoms with van der Waals surface area (Å²) in [5, 5.41) is 6.88. The number of nitrogens with zero attached hydrogens (tertiary/aromatic N) is 4. The van der Waals surface area contributed by atoms with Crippen molar-refractivity contribution < 1.29 is 0 Å². The van der Waals surface area contributed by atoms with Gasteiger partial charge in [0.1, 0.15) is 0 Å². The van der Waals surface area contributed by atoms with Gasteiger partial charge in [0.15, 0.2) is 17.5 Å². The van der Waals surface area contributed by atoms with Crippen molar-refractivity contribution in [3.8, 4) is 51.0 Å². The molecule has 4 heteroatoms. The molecule has 0 unspecified atom stereocenters. The number of benzene rings is 8. The van der Waals surface area contributed by atoms with Crippen LogP contribution in [0.25, 0.3) is 94.3 Å². The summed E-state index contributed by atoms with van der Waals surface area (Å²) in [4.78, 5) is 15.9. The number of fused-ring (bicyclic) bond motifs is 5. The third-order valence-electron chi connectivity index (χ3n) is 9.86. The van der Waals surface area contributed by atoms with Crippen LogP contribution >= 0.6 is 0 Å². The van der Waals surface area contributed by atoms with Crippen LogP contribution < -0.4 is 0 Å². The van der Waals surface area contributed by atoms with E-state index in [0.29, 0.717) is 17.5 Å². The molecule has 51 heavy (non-hydrogen) atoms. The lowest BCUT2D eigenvalue weighted by Crippen LogP contribution is -2.04. The largest absolute Gasteiger partial charge is 0.308 e. The highest BCUT2D eigenvalue weighted by Gasteiger charge is 2.21. The van der Waals surface area contributed by atoms with Crippen molar-refractivity contribution >= 4 is 43.4 Å². The number of hydrogen-bond donors (Lipinski definition) is 0. The molecule has 0 radical (unpaired) electrons. The maximum atomic E-state index is 5.33. The second kappa shape index (κ2) is 11.9. The Morgan fingerprint density at radius 1 is 0.314 bits per heavy atom. The van der Waals surface area contributed by atoms with Gasteiger partial charge in [-0.05, 0) is 56.9 Å². The van der Waals surface area contributed by atoms with Gasteiger partial charge in [-0.3, -0.25) is 0 Å². The highest BCUT2D eigenvalue weighted by molar-refractivity contribution is 6.10. The predicted octanol–water partition coefficient (Wildman–Crippen LogP) is 11.9. The maximum Gasteiger partial charge on any atom is 0.166 e. The SMILES string of the molecule is c1ccc(-c2ccc(-c3nc(-c4cccc5ccccc45)nc(-c4cccc5ccccc45)n3)c(-n3c4ccccc4c4ccccc43)c2)cc1. The van der Waals surface area contributed by atoms with Crippen LogP contribution in [-0.4, -0.2) is 19.5 Å². The average Bonchev–Trinajstić information content (AvgIpc) is 3.54. The van der Waals surface area contributed by atoms with Gasteiger partial charge >= 0.3 is 0 Å². The monoisotopic (exact) mass is 650 g/mol. The molecule has 2 heterocycles. The van der Waals surface area contributed by atoms with Crippen molar-refractivity contribution in [2.24, 2.45) is 0 Å². The summed E-state index contributed by atoms with van der Waals surface area (Å²) in [6.07, 6.45) is 0. The molecule has 4 nitrogen and oxygen atoms in total. The minimum Gasteiger partial charge on any atom is -0.308 e. The summed E-state index contributed by atoms with van der Waals surface area (Å²) >= 11 is 0. The lowest BCUT2D eigenvalue weighted by molar-refractivity contribution is 1.07. The van der Waals surface area contributed by atoms with Crippen molar-refractivity contribution in [1.29, 1.82) is 0 Å². The van der Waals surface area contributed by atoms with Gasteiger partial charge in [-0.2, -0.15) is 0 Å². The number of aromatic nitrogens is 4. The Labute approximate surface area is 295 Å². The van der Waals surface area contributed by atoms with Crippen LogP contribution in [0.1, 0.15) is 0 Å². The van der Waals surface area contributed by atoms with E-state index in [4.69, 9.17) is 15.0 Å². The quantitative estimate of drug-likeness (QED) is 0.186. The van der Waals surface area contributed by atoms with Crippen molar-refractivity contribution in [2.75, 3.05) is 0 Å². The van der Waals surface area contributed by atoms with Crippen LogP contribution in [0.3, 0.4) is 0 Å². The Kier molecular flexibility index (Phi) is 6.78. The lowest BCUT2D eigenvalue weighted by Gasteiger charge is -2.17. The highest BCUT2D eigenvalue weighted by Crippen LogP contribution is 2.39. The lowest BCUT2D eigenvalue weighted by atomic mass is 10.0. The molecular weight excluding hydrogens is 621 g/mol. The minimum atomic E-state index is 0.618. The zero-order valence-corrected chi connectivity index (χ0v) is 27.6. The standard InChI is InChI=1S/C47H30N4/c1-2-14-31(15-3-1)34-28-29-41(44(30-34)51-42-26-10-8-22-37(42)38-23-9-11-27-43(38)51)47-49-45(39-24-12-18-32-16-4-6-20-35(32)39)48-46(50-47)40-25-13-19-33-17-5-7-21-36(33)40/h1-30H. The summed E-state index contributed by atoms with van der Waals surface area (Å²) in [5.41, 5.74) is 8.39. The first kappa shape index (κ1) is 29.0. The van der Waals surface area contributed by atoms with E-state index < -0.39 is 0 Å². The van der Waals surface area contributed by atoms with Crippen molar-refractivity contribution in [2.45, 2.75) is 0 Å². The minimum absolute atomic E-state index is 0.618. The van der Waals surface area contributed by atoms with Gasteiger partial charge in [0.25, 0.3) is 0 Å². The Bertz CT molecular complexity index is 2760. The molecule has 0 saturated carbocycles. The molecule has 2 aromatic heterocycles. The molecule has 10 aromatic rings. The van der Waals surface area contributed by atoms with E-state index >= 15 is 0 Å². The normalized spacial score (nSPS) is 11.5. The fraction of sp³-hybridized carbons (Fsp3) is 0. The van der Waals surface area contributed by atoms with Crippen molar-refractivity contribution in [3.63, 3.8) is 0 Å². The summed E-state index contributed by atoms with van der Waals surface area (Å²) in [6.45, 7) is 0. The third kappa shape index (κ3) is 4.88. The molecule has 10 rings (SSSR count). The van der Waals surface area contributed by atoms with E-state index in [1.165, 1.54) is 10.8 Å². The molecule has 238 valence electrons. The maximum absolute atomic E-state index is 5.33. The van der Waals surface area contributed by atoms with Gasteiger partial charge in [0, 0.05) is 27.5 Å². The van der Waals surface area contributed by atoms with Crippen LogP contribution in [0.4, 0.5) is 0 Å². The fourth-order valence-corrected chi connectivity index (χ4v) is 7.48. The van der Waals surface area contributed by atoms with E-state index in [-0.39, 0.29) is 0 Å². The molecular formula is C47H30N4.